The van der Waals surface area contributed by atoms with E-state index < -0.39 is 0 Å². The first-order chi connectivity index (χ1) is 8.17. The second kappa shape index (κ2) is 6.54. The monoisotopic (exact) mass is 232 g/mol. The molecule has 0 bridgehead atoms. The fourth-order valence-electron chi connectivity index (χ4n) is 1.43. The van der Waals surface area contributed by atoms with Crippen LogP contribution < -0.4 is 4.90 Å². The Morgan fingerprint density at radius 3 is 2.94 bits per heavy atom. The third kappa shape index (κ3) is 4.15. The molecule has 0 fully saturated rings. The maximum absolute atomic E-state index is 11.2. The van der Waals surface area contributed by atoms with Crippen molar-refractivity contribution in [2.45, 2.75) is 13.3 Å². The Labute approximate surface area is 101 Å². The number of nitriles is 1. The number of ether oxygens (including phenoxy) is 1. The van der Waals surface area contributed by atoms with Crippen molar-refractivity contribution in [3.05, 3.63) is 29.8 Å². The van der Waals surface area contributed by atoms with Crippen molar-refractivity contribution >= 4 is 11.7 Å². The zero-order valence-electron chi connectivity index (χ0n) is 10.1. The molecule has 0 aliphatic rings. The van der Waals surface area contributed by atoms with Crippen LogP contribution in [0.5, 0.6) is 0 Å². The highest BCUT2D eigenvalue weighted by Gasteiger charge is 2.06. The Hall–Kier alpha value is -2.02. The molecule has 0 amide bonds. The third-order valence-corrected chi connectivity index (χ3v) is 2.37. The Balaban J connectivity index is 2.55. The molecule has 0 aliphatic heterocycles. The zero-order chi connectivity index (χ0) is 12.7. The summed E-state index contributed by atoms with van der Waals surface area (Å²) in [6, 6.07) is 9.38. The molecule has 0 saturated carbocycles. The lowest BCUT2D eigenvalue weighted by Gasteiger charge is -2.18. The minimum atomic E-state index is -0.198. The summed E-state index contributed by atoms with van der Waals surface area (Å²) in [5, 5.41) is 8.79. The van der Waals surface area contributed by atoms with Gasteiger partial charge in [-0.2, -0.15) is 5.26 Å². The van der Waals surface area contributed by atoms with Crippen LogP contribution in [-0.2, 0) is 9.53 Å². The lowest BCUT2D eigenvalue weighted by molar-refractivity contribution is -0.142. The normalized spacial score (nSPS) is 9.47. The number of nitrogens with zero attached hydrogens (tertiary/aromatic N) is 2. The lowest BCUT2D eigenvalue weighted by Crippen LogP contribution is -2.22. The number of carbonyl (C=O) groups is 1. The predicted octanol–water partition coefficient (Wildman–Crippen LogP) is 1.95. The standard InChI is InChI=1S/C13H16N2O2/c1-3-17-13(16)7-8-15(2)12-6-4-5-11(9-12)10-14/h4-6,9H,3,7-8H2,1-2H3. The zero-order valence-corrected chi connectivity index (χ0v) is 10.1. The van der Waals surface area contributed by atoms with Gasteiger partial charge < -0.3 is 9.64 Å². The molecule has 90 valence electrons. The highest BCUT2D eigenvalue weighted by Crippen LogP contribution is 2.14. The molecule has 0 spiro atoms. The molecule has 1 aromatic carbocycles. The number of anilines is 1. The number of esters is 1. The number of hydrogen-bond acceptors (Lipinski definition) is 4. The van der Waals surface area contributed by atoms with Crippen molar-refractivity contribution in [1.29, 1.82) is 5.26 Å². The first kappa shape index (κ1) is 13.0. The number of rotatable bonds is 5. The van der Waals surface area contributed by atoms with Crippen LogP contribution in [0.2, 0.25) is 0 Å². The molecule has 0 unspecified atom stereocenters. The van der Waals surface area contributed by atoms with Gasteiger partial charge in [0, 0.05) is 19.3 Å². The van der Waals surface area contributed by atoms with Crippen LogP contribution in [-0.4, -0.2) is 26.2 Å². The van der Waals surface area contributed by atoms with Crippen molar-refractivity contribution < 1.29 is 9.53 Å². The molecule has 0 aliphatic carbocycles. The average Bonchev–Trinajstić information content (AvgIpc) is 2.36. The van der Waals surface area contributed by atoms with Gasteiger partial charge in [0.2, 0.25) is 0 Å². The molecule has 1 aromatic rings. The van der Waals surface area contributed by atoms with Crippen LogP contribution in [0.4, 0.5) is 5.69 Å². The summed E-state index contributed by atoms with van der Waals surface area (Å²) in [5.74, 6) is -0.198. The second-order valence-electron chi connectivity index (χ2n) is 3.64. The van der Waals surface area contributed by atoms with Gasteiger partial charge in [0.15, 0.2) is 0 Å². The summed E-state index contributed by atoms with van der Waals surface area (Å²) in [5.41, 5.74) is 1.54. The van der Waals surface area contributed by atoms with Crippen molar-refractivity contribution in [3.8, 4) is 6.07 Å². The highest BCUT2D eigenvalue weighted by atomic mass is 16.5. The van der Waals surface area contributed by atoms with Crippen molar-refractivity contribution in [2.24, 2.45) is 0 Å². The molecule has 0 atom stereocenters. The maximum Gasteiger partial charge on any atom is 0.307 e. The molecule has 0 N–H and O–H groups in total. The third-order valence-electron chi connectivity index (χ3n) is 2.37. The van der Waals surface area contributed by atoms with Gasteiger partial charge in [-0.3, -0.25) is 4.79 Å². The lowest BCUT2D eigenvalue weighted by atomic mass is 10.2. The quantitative estimate of drug-likeness (QED) is 0.728. The summed E-state index contributed by atoms with van der Waals surface area (Å²) in [6.07, 6.45) is 0.348. The Morgan fingerprint density at radius 1 is 1.53 bits per heavy atom. The van der Waals surface area contributed by atoms with Gasteiger partial charge >= 0.3 is 5.97 Å². The highest BCUT2D eigenvalue weighted by molar-refractivity contribution is 5.70. The van der Waals surface area contributed by atoms with Gasteiger partial charge in [0.25, 0.3) is 0 Å². The smallest absolute Gasteiger partial charge is 0.307 e. The summed E-state index contributed by atoms with van der Waals surface area (Å²) in [4.78, 5) is 13.1. The van der Waals surface area contributed by atoms with E-state index in [0.29, 0.717) is 25.1 Å². The van der Waals surface area contributed by atoms with Gasteiger partial charge in [-0.05, 0) is 25.1 Å². The minimum Gasteiger partial charge on any atom is -0.466 e. The largest absolute Gasteiger partial charge is 0.466 e. The molecule has 0 saturated heterocycles. The molecule has 4 heteroatoms. The van der Waals surface area contributed by atoms with Crippen LogP contribution in [0.1, 0.15) is 18.9 Å². The first-order valence-electron chi connectivity index (χ1n) is 5.54. The van der Waals surface area contributed by atoms with Gasteiger partial charge in [-0.25, -0.2) is 0 Å². The van der Waals surface area contributed by atoms with Gasteiger partial charge in [0.1, 0.15) is 0 Å². The first-order valence-corrected chi connectivity index (χ1v) is 5.54. The summed E-state index contributed by atoms with van der Waals surface area (Å²) in [6.45, 7) is 2.78. The Kier molecular flexibility index (Phi) is 5.02. The Bertz CT molecular complexity index is 424. The maximum atomic E-state index is 11.2. The van der Waals surface area contributed by atoms with E-state index in [-0.39, 0.29) is 5.97 Å². The fourth-order valence-corrected chi connectivity index (χ4v) is 1.43. The molecule has 0 radical (unpaired) electrons. The van der Waals surface area contributed by atoms with Gasteiger partial charge in [-0.1, -0.05) is 6.07 Å². The average molecular weight is 232 g/mol. The molecular weight excluding hydrogens is 216 g/mol. The van der Waals surface area contributed by atoms with E-state index in [2.05, 4.69) is 6.07 Å². The van der Waals surface area contributed by atoms with Gasteiger partial charge in [-0.15, -0.1) is 0 Å². The van der Waals surface area contributed by atoms with Crippen LogP contribution in [0.15, 0.2) is 24.3 Å². The van der Waals surface area contributed by atoms with Crippen molar-refractivity contribution in [3.63, 3.8) is 0 Å². The molecular formula is C13H16N2O2. The SMILES string of the molecule is CCOC(=O)CCN(C)c1cccc(C#N)c1. The van der Waals surface area contributed by atoms with Crippen LogP contribution >= 0.6 is 0 Å². The summed E-state index contributed by atoms with van der Waals surface area (Å²) >= 11 is 0. The molecule has 1 rings (SSSR count). The van der Waals surface area contributed by atoms with E-state index in [1.54, 1.807) is 19.1 Å². The van der Waals surface area contributed by atoms with E-state index in [9.17, 15) is 4.79 Å². The topological polar surface area (TPSA) is 53.3 Å². The minimum absolute atomic E-state index is 0.198. The van der Waals surface area contributed by atoms with E-state index in [0.717, 1.165) is 5.69 Å². The van der Waals surface area contributed by atoms with E-state index in [4.69, 9.17) is 10.00 Å². The predicted molar refractivity (Wildman–Crippen MR) is 65.7 cm³/mol. The van der Waals surface area contributed by atoms with E-state index in [1.165, 1.54) is 0 Å². The van der Waals surface area contributed by atoms with Crippen molar-refractivity contribution in [2.75, 3.05) is 25.1 Å². The van der Waals surface area contributed by atoms with E-state index in [1.807, 2.05) is 24.1 Å². The number of carbonyl (C=O) groups excluding carboxylic acids is 1. The van der Waals surface area contributed by atoms with E-state index >= 15 is 0 Å². The van der Waals surface area contributed by atoms with Crippen LogP contribution in [0.25, 0.3) is 0 Å². The Morgan fingerprint density at radius 2 is 2.29 bits per heavy atom. The summed E-state index contributed by atoms with van der Waals surface area (Å²) in [7, 11) is 1.88. The second-order valence-corrected chi connectivity index (χ2v) is 3.64. The van der Waals surface area contributed by atoms with Crippen LogP contribution in [0.3, 0.4) is 0 Å². The molecule has 0 aromatic heterocycles. The van der Waals surface area contributed by atoms with Gasteiger partial charge in [0.05, 0.1) is 24.7 Å². The number of benzene rings is 1. The number of hydrogen-bond donors (Lipinski definition) is 0. The van der Waals surface area contributed by atoms with Crippen molar-refractivity contribution in [1.82, 2.24) is 0 Å². The molecule has 4 nitrogen and oxygen atoms in total. The molecule has 0 heterocycles. The van der Waals surface area contributed by atoms with Crippen LogP contribution in [0, 0.1) is 11.3 Å². The summed E-state index contributed by atoms with van der Waals surface area (Å²) < 4.78 is 4.86. The fraction of sp³-hybridized carbons (Fsp3) is 0.385. The molecule has 17 heavy (non-hydrogen) atoms.